The average Bonchev–Trinajstić information content (AvgIpc) is 3.06. The van der Waals surface area contributed by atoms with Gasteiger partial charge in [0.2, 0.25) is 0 Å². The number of hydrogen-bond donors (Lipinski definition) is 2. The van der Waals surface area contributed by atoms with Crippen LogP contribution in [-0.4, -0.2) is 34.3 Å². The van der Waals surface area contributed by atoms with Gasteiger partial charge in [-0.3, -0.25) is 9.59 Å². The van der Waals surface area contributed by atoms with Crippen LogP contribution in [0.4, 0.5) is 0 Å². The van der Waals surface area contributed by atoms with Gasteiger partial charge in [-0.1, -0.05) is 0 Å². The molecule has 21 heavy (non-hydrogen) atoms. The number of aryl methyl sites for hydroxylation is 1. The van der Waals surface area contributed by atoms with E-state index in [0.29, 0.717) is 30.7 Å². The summed E-state index contributed by atoms with van der Waals surface area (Å²) in [5.41, 5.74) is 0.895. The number of hydrogen-bond acceptors (Lipinski definition) is 5. The van der Waals surface area contributed by atoms with Crippen molar-refractivity contribution < 1.29 is 14.6 Å². The SMILES string of the molecule is O=C(O)CCCc1nc2scc(C3CCOC3)c2c(=O)[nH]1. The summed E-state index contributed by atoms with van der Waals surface area (Å²) in [6.45, 7) is 1.40. The van der Waals surface area contributed by atoms with Crippen molar-refractivity contribution in [3.05, 3.63) is 27.1 Å². The third-order valence-corrected chi connectivity index (χ3v) is 4.59. The number of nitrogens with zero attached hydrogens (tertiary/aromatic N) is 1. The Hall–Kier alpha value is -1.73. The van der Waals surface area contributed by atoms with Gasteiger partial charge in [-0.25, -0.2) is 4.98 Å². The van der Waals surface area contributed by atoms with Gasteiger partial charge in [0.05, 0.1) is 12.0 Å². The van der Waals surface area contributed by atoms with Crippen LogP contribution < -0.4 is 5.56 Å². The number of carboxylic acid groups (broad SMARTS) is 1. The van der Waals surface area contributed by atoms with Crippen LogP contribution in [0.25, 0.3) is 10.2 Å². The molecule has 7 heteroatoms. The van der Waals surface area contributed by atoms with E-state index in [-0.39, 0.29) is 17.9 Å². The van der Waals surface area contributed by atoms with Crippen molar-refractivity contribution in [3.8, 4) is 0 Å². The van der Waals surface area contributed by atoms with E-state index in [4.69, 9.17) is 9.84 Å². The molecular weight excluding hydrogens is 292 g/mol. The molecule has 0 aromatic carbocycles. The highest BCUT2D eigenvalue weighted by Gasteiger charge is 2.23. The Morgan fingerprint density at radius 1 is 1.57 bits per heavy atom. The van der Waals surface area contributed by atoms with Crippen molar-refractivity contribution >= 4 is 27.5 Å². The Kier molecular flexibility index (Phi) is 4.03. The summed E-state index contributed by atoms with van der Waals surface area (Å²) in [7, 11) is 0. The zero-order chi connectivity index (χ0) is 14.8. The van der Waals surface area contributed by atoms with Crippen LogP contribution in [-0.2, 0) is 16.0 Å². The second kappa shape index (κ2) is 5.95. The summed E-state index contributed by atoms with van der Waals surface area (Å²) >= 11 is 1.47. The number of carbonyl (C=O) groups is 1. The highest BCUT2D eigenvalue weighted by atomic mass is 32.1. The molecule has 2 aromatic rings. The number of fused-ring (bicyclic) bond motifs is 1. The molecule has 2 aromatic heterocycles. The second-order valence-corrected chi connectivity index (χ2v) is 6.05. The largest absolute Gasteiger partial charge is 0.481 e. The number of aromatic nitrogens is 2. The number of H-pyrrole nitrogens is 1. The fourth-order valence-corrected chi connectivity index (χ4v) is 3.66. The van der Waals surface area contributed by atoms with Gasteiger partial charge in [0.1, 0.15) is 10.7 Å². The Bertz CT molecular complexity index is 715. The van der Waals surface area contributed by atoms with E-state index in [2.05, 4.69) is 9.97 Å². The Morgan fingerprint density at radius 2 is 2.43 bits per heavy atom. The lowest BCUT2D eigenvalue weighted by Gasteiger charge is -2.05. The molecule has 0 spiro atoms. The molecular formula is C14H16N2O4S. The lowest BCUT2D eigenvalue weighted by molar-refractivity contribution is -0.137. The van der Waals surface area contributed by atoms with Gasteiger partial charge in [-0.15, -0.1) is 11.3 Å². The van der Waals surface area contributed by atoms with Gasteiger partial charge in [-0.2, -0.15) is 0 Å². The van der Waals surface area contributed by atoms with Crippen LogP contribution in [0.1, 0.15) is 36.6 Å². The number of aromatic amines is 1. The molecule has 1 aliphatic heterocycles. The first-order valence-electron chi connectivity index (χ1n) is 6.95. The third-order valence-electron chi connectivity index (χ3n) is 3.70. The predicted octanol–water partition coefficient (Wildman–Crippen LogP) is 1.90. The first kappa shape index (κ1) is 14.2. The maximum atomic E-state index is 12.3. The summed E-state index contributed by atoms with van der Waals surface area (Å²) in [6.07, 6.45) is 1.96. The Morgan fingerprint density at radius 3 is 3.14 bits per heavy atom. The van der Waals surface area contributed by atoms with Gasteiger partial charge in [0.25, 0.3) is 5.56 Å². The van der Waals surface area contributed by atoms with Crippen LogP contribution in [0.3, 0.4) is 0 Å². The van der Waals surface area contributed by atoms with E-state index in [1.165, 1.54) is 11.3 Å². The molecule has 1 atom stereocenters. The van der Waals surface area contributed by atoms with E-state index in [1.807, 2.05) is 5.38 Å². The normalized spacial score (nSPS) is 18.4. The van der Waals surface area contributed by atoms with Crippen molar-refractivity contribution in [2.24, 2.45) is 0 Å². The summed E-state index contributed by atoms with van der Waals surface area (Å²) < 4.78 is 5.39. The highest BCUT2D eigenvalue weighted by Crippen LogP contribution is 2.32. The number of rotatable bonds is 5. The molecule has 1 aliphatic rings. The van der Waals surface area contributed by atoms with Crippen LogP contribution >= 0.6 is 11.3 Å². The van der Waals surface area contributed by atoms with Crippen LogP contribution in [0, 0.1) is 0 Å². The lowest BCUT2D eigenvalue weighted by atomic mass is 9.99. The molecule has 1 saturated heterocycles. The monoisotopic (exact) mass is 308 g/mol. The molecule has 0 saturated carbocycles. The standard InChI is InChI=1S/C14H16N2O4S/c17-11(18)3-1-2-10-15-13(19)12-9(7-21-14(12)16-10)8-4-5-20-6-8/h7-8H,1-6H2,(H,17,18)(H,15,16,19). The van der Waals surface area contributed by atoms with E-state index in [1.54, 1.807) is 0 Å². The molecule has 0 bridgehead atoms. The molecule has 6 nitrogen and oxygen atoms in total. The second-order valence-electron chi connectivity index (χ2n) is 5.19. The van der Waals surface area contributed by atoms with Crippen molar-refractivity contribution in [1.82, 2.24) is 9.97 Å². The van der Waals surface area contributed by atoms with Crippen molar-refractivity contribution in [2.45, 2.75) is 31.6 Å². The maximum Gasteiger partial charge on any atom is 0.303 e. The number of aliphatic carboxylic acids is 1. The van der Waals surface area contributed by atoms with Gasteiger partial charge >= 0.3 is 5.97 Å². The quantitative estimate of drug-likeness (QED) is 0.880. The van der Waals surface area contributed by atoms with Crippen LogP contribution in [0.5, 0.6) is 0 Å². The number of carboxylic acids is 1. The Balaban J connectivity index is 1.87. The van der Waals surface area contributed by atoms with E-state index in [9.17, 15) is 9.59 Å². The molecule has 3 heterocycles. The minimum atomic E-state index is -0.835. The summed E-state index contributed by atoms with van der Waals surface area (Å²) in [4.78, 5) is 30.8. The first-order chi connectivity index (χ1) is 10.1. The zero-order valence-corrected chi connectivity index (χ0v) is 12.2. The van der Waals surface area contributed by atoms with Crippen molar-refractivity contribution in [2.75, 3.05) is 13.2 Å². The van der Waals surface area contributed by atoms with E-state index >= 15 is 0 Å². The fourth-order valence-electron chi connectivity index (χ4n) is 2.62. The van der Waals surface area contributed by atoms with Crippen molar-refractivity contribution in [3.63, 3.8) is 0 Å². The van der Waals surface area contributed by atoms with Crippen molar-refractivity contribution in [1.29, 1.82) is 0 Å². The third kappa shape index (κ3) is 2.98. The number of ether oxygens (including phenoxy) is 1. The van der Waals surface area contributed by atoms with Gasteiger partial charge in [-0.05, 0) is 23.8 Å². The molecule has 0 aliphatic carbocycles. The van der Waals surface area contributed by atoms with Crippen LogP contribution in [0.15, 0.2) is 10.2 Å². The highest BCUT2D eigenvalue weighted by molar-refractivity contribution is 7.16. The van der Waals surface area contributed by atoms with Gasteiger partial charge in [0, 0.05) is 25.4 Å². The first-order valence-corrected chi connectivity index (χ1v) is 7.83. The molecule has 0 amide bonds. The molecule has 1 fully saturated rings. The summed E-state index contributed by atoms with van der Waals surface area (Å²) in [6, 6.07) is 0. The Labute approximate surface area is 124 Å². The maximum absolute atomic E-state index is 12.3. The molecule has 3 rings (SSSR count). The lowest BCUT2D eigenvalue weighted by Crippen LogP contribution is -2.13. The van der Waals surface area contributed by atoms with Crippen LogP contribution in [0.2, 0.25) is 0 Å². The van der Waals surface area contributed by atoms with E-state index < -0.39 is 5.97 Å². The number of nitrogens with one attached hydrogen (secondary N) is 1. The molecule has 0 radical (unpaired) electrons. The molecule has 2 N–H and O–H groups in total. The van der Waals surface area contributed by atoms with Gasteiger partial charge < -0.3 is 14.8 Å². The van der Waals surface area contributed by atoms with E-state index in [0.717, 1.165) is 23.4 Å². The topological polar surface area (TPSA) is 92.3 Å². The predicted molar refractivity (Wildman–Crippen MR) is 79.0 cm³/mol. The minimum absolute atomic E-state index is 0.0802. The smallest absolute Gasteiger partial charge is 0.303 e. The average molecular weight is 308 g/mol. The number of thiophene rings is 1. The molecule has 112 valence electrons. The summed E-state index contributed by atoms with van der Waals surface area (Å²) in [5, 5.41) is 11.3. The minimum Gasteiger partial charge on any atom is -0.481 e. The molecule has 1 unspecified atom stereocenters. The fraction of sp³-hybridized carbons (Fsp3) is 0.500. The summed E-state index contributed by atoms with van der Waals surface area (Å²) in [5.74, 6) is 0.00222. The zero-order valence-electron chi connectivity index (χ0n) is 11.4. The van der Waals surface area contributed by atoms with Gasteiger partial charge in [0.15, 0.2) is 0 Å².